The second kappa shape index (κ2) is 8.27. The molecular formula is C19H24N2O3S. The molecule has 0 aromatic heterocycles. The molecule has 6 heteroatoms. The van der Waals surface area contributed by atoms with Gasteiger partial charge in [-0.05, 0) is 56.2 Å². The monoisotopic (exact) mass is 360 g/mol. The average molecular weight is 360 g/mol. The van der Waals surface area contributed by atoms with Crippen molar-refractivity contribution in [2.24, 2.45) is 0 Å². The Morgan fingerprint density at radius 1 is 1.00 bits per heavy atom. The van der Waals surface area contributed by atoms with E-state index in [1.54, 1.807) is 17.0 Å². The van der Waals surface area contributed by atoms with Gasteiger partial charge in [0.05, 0.1) is 4.90 Å². The molecule has 0 aliphatic carbocycles. The fourth-order valence-corrected chi connectivity index (χ4v) is 3.54. The number of aryl methyl sites for hydroxylation is 1. The fourth-order valence-electron chi connectivity index (χ4n) is 2.53. The van der Waals surface area contributed by atoms with Crippen LogP contribution in [0, 0.1) is 6.92 Å². The summed E-state index contributed by atoms with van der Waals surface area (Å²) in [6.07, 6.45) is 0. The standard InChI is InChI=1S/C19H24N2O3S/c1-4-21(5-2)19(22)16-10-12-18(13-11-16)25(23,24)20-14-17-9-7-6-8-15(17)3/h6-13,20H,4-5,14H2,1-3H3. The van der Waals surface area contributed by atoms with E-state index in [4.69, 9.17) is 0 Å². The molecule has 0 saturated carbocycles. The molecular weight excluding hydrogens is 336 g/mol. The normalized spacial score (nSPS) is 11.3. The Kier molecular flexibility index (Phi) is 6.33. The Bertz CT molecular complexity index is 826. The summed E-state index contributed by atoms with van der Waals surface area (Å²) in [5, 5.41) is 0. The lowest BCUT2D eigenvalue weighted by Crippen LogP contribution is -2.30. The maximum Gasteiger partial charge on any atom is 0.253 e. The highest BCUT2D eigenvalue weighted by Crippen LogP contribution is 2.14. The minimum absolute atomic E-state index is 0.0955. The Morgan fingerprint density at radius 2 is 1.60 bits per heavy atom. The van der Waals surface area contributed by atoms with Crippen LogP contribution >= 0.6 is 0 Å². The molecule has 134 valence electrons. The third kappa shape index (κ3) is 4.67. The minimum atomic E-state index is -3.62. The van der Waals surface area contributed by atoms with Gasteiger partial charge in [0.1, 0.15) is 0 Å². The van der Waals surface area contributed by atoms with Crippen LogP contribution in [0.3, 0.4) is 0 Å². The number of carbonyl (C=O) groups excluding carboxylic acids is 1. The molecule has 0 aliphatic heterocycles. The van der Waals surface area contributed by atoms with E-state index in [-0.39, 0.29) is 17.3 Å². The number of hydrogen-bond acceptors (Lipinski definition) is 3. The van der Waals surface area contributed by atoms with Crippen molar-refractivity contribution in [3.8, 4) is 0 Å². The molecule has 2 rings (SSSR count). The molecule has 0 spiro atoms. The van der Waals surface area contributed by atoms with Crippen molar-refractivity contribution in [2.45, 2.75) is 32.2 Å². The number of benzene rings is 2. The zero-order valence-corrected chi connectivity index (χ0v) is 15.6. The van der Waals surface area contributed by atoms with Crippen LogP contribution in [-0.4, -0.2) is 32.3 Å². The van der Waals surface area contributed by atoms with Gasteiger partial charge >= 0.3 is 0 Å². The van der Waals surface area contributed by atoms with Gasteiger partial charge in [-0.15, -0.1) is 0 Å². The summed E-state index contributed by atoms with van der Waals surface area (Å²) in [7, 11) is -3.62. The molecule has 0 heterocycles. The number of rotatable bonds is 7. The van der Waals surface area contributed by atoms with Crippen molar-refractivity contribution in [1.82, 2.24) is 9.62 Å². The van der Waals surface area contributed by atoms with E-state index in [0.29, 0.717) is 18.7 Å². The first-order valence-corrected chi connectivity index (χ1v) is 9.80. The van der Waals surface area contributed by atoms with Gasteiger partial charge in [0.25, 0.3) is 5.91 Å². The molecule has 1 amide bonds. The highest BCUT2D eigenvalue weighted by molar-refractivity contribution is 7.89. The first kappa shape index (κ1) is 19.1. The predicted molar refractivity (Wildman–Crippen MR) is 98.9 cm³/mol. The summed E-state index contributed by atoms with van der Waals surface area (Å²) in [4.78, 5) is 14.1. The van der Waals surface area contributed by atoms with Crippen molar-refractivity contribution < 1.29 is 13.2 Å². The SMILES string of the molecule is CCN(CC)C(=O)c1ccc(S(=O)(=O)NCc2ccccc2C)cc1. The Hall–Kier alpha value is -2.18. The van der Waals surface area contributed by atoms with Gasteiger partial charge in [0.2, 0.25) is 10.0 Å². The molecule has 0 aliphatic rings. The van der Waals surface area contributed by atoms with E-state index in [0.717, 1.165) is 11.1 Å². The Labute approximate surface area is 149 Å². The van der Waals surface area contributed by atoms with Crippen LogP contribution < -0.4 is 4.72 Å². The van der Waals surface area contributed by atoms with E-state index in [1.165, 1.54) is 12.1 Å². The van der Waals surface area contributed by atoms with Gasteiger partial charge in [-0.2, -0.15) is 0 Å². The van der Waals surface area contributed by atoms with Crippen LogP contribution in [0.4, 0.5) is 0 Å². The Balaban J connectivity index is 2.12. The number of nitrogens with one attached hydrogen (secondary N) is 1. The molecule has 2 aromatic rings. The van der Waals surface area contributed by atoms with E-state index in [1.807, 2.05) is 45.0 Å². The van der Waals surface area contributed by atoms with Crippen LogP contribution in [0.5, 0.6) is 0 Å². The van der Waals surface area contributed by atoms with Gasteiger partial charge in [0.15, 0.2) is 0 Å². The van der Waals surface area contributed by atoms with E-state index >= 15 is 0 Å². The Morgan fingerprint density at radius 3 is 2.16 bits per heavy atom. The predicted octanol–water partition coefficient (Wildman–Crippen LogP) is 2.96. The maximum absolute atomic E-state index is 12.4. The second-order valence-corrected chi connectivity index (χ2v) is 7.52. The van der Waals surface area contributed by atoms with Crippen LogP contribution in [-0.2, 0) is 16.6 Å². The van der Waals surface area contributed by atoms with Crippen molar-refractivity contribution >= 4 is 15.9 Å². The largest absolute Gasteiger partial charge is 0.339 e. The lowest BCUT2D eigenvalue weighted by molar-refractivity contribution is 0.0773. The smallest absolute Gasteiger partial charge is 0.253 e. The molecule has 0 saturated heterocycles. The van der Waals surface area contributed by atoms with E-state index < -0.39 is 10.0 Å². The van der Waals surface area contributed by atoms with Crippen molar-refractivity contribution in [3.63, 3.8) is 0 Å². The number of sulfonamides is 1. The zero-order valence-electron chi connectivity index (χ0n) is 14.8. The van der Waals surface area contributed by atoms with E-state index in [2.05, 4.69) is 4.72 Å². The van der Waals surface area contributed by atoms with E-state index in [9.17, 15) is 13.2 Å². The summed E-state index contributed by atoms with van der Waals surface area (Å²) < 4.78 is 27.5. The molecule has 1 N–H and O–H groups in total. The fraction of sp³-hybridized carbons (Fsp3) is 0.316. The summed E-state index contributed by atoms with van der Waals surface area (Å²) in [6, 6.07) is 13.7. The highest BCUT2D eigenvalue weighted by atomic mass is 32.2. The average Bonchev–Trinajstić information content (AvgIpc) is 2.62. The van der Waals surface area contributed by atoms with Gasteiger partial charge in [-0.1, -0.05) is 24.3 Å². The third-order valence-corrected chi connectivity index (χ3v) is 5.59. The summed E-state index contributed by atoms with van der Waals surface area (Å²) in [6.45, 7) is 7.23. The first-order chi connectivity index (χ1) is 11.9. The van der Waals surface area contributed by atoms with Crippen LogP contribution in [0.15, 0.2) is 53.4 Å². The maximum atomic E-state index is 12.4. The molecule has 0 fully saturated rings. The molecule has 0 unspecified atom stereocenters. The van der Waals surface area contributed by atoms with Crippen LogP contribution in [0.25, 0.3) is 0 Å². The number of nitrogens with zero attached hydrogens (tertiary/aromatic N) is 1. The van der Waals surface area contributed by atoms with Crippen LogP contribution in [0.1, 0.15) is 35.3 Å². The lowest BCUT2D eigenvalue weighted by Gasteiger charge is -2.18. The van der Waals surface area contributed by atoms with Crippen molar-refractivity contribution in [2.75, 3.05) is 13.1 Å². The topological polar surface area (TPSA) is 66.5 Å². The number of carbonyl (C=O) groups is 1. The molecule has 5 nitrogen and oxygen atoms in total. The molecule has 0 atom stereocenters. The third-order valence-electron chi connectivity index (χ3n) is 4.18. The summed E-state index contributed by atoms with van der Waals surface area (Å²) in [5.74, 6) is -0.0955. The highest BCUT2D eigenvalue weighted by Gasteiger charge is 2.17. The molecule has 2 aromatic carbocycles. The first-order valence-electron chi connectivity index (χ1n) is 8.32. The van der Waals surface area contributed by atoms with Gasteiger partial charge in [-0.3, -0.25) is 4.79 Å². The van der Waals surface area contributed by atoms with Crippen LogP contribution in [0.2, 0.25) is 0 Å². The molecule has 0 radical (unpaired) electrons. The number of amides is 1. The van der Waals surface area contributed by atoms with Crippen molar-refractivity contribution in [3.05, 3.63) is 65.2 Å². The van der Waals surface area contributed by atoms with Gasteiger partial charge < -0.3 is 4.90 Å². The number of hydrogen-bond donors (Lipinski definition) is 1. The zero-order chi connectivity index (χ0) is 18.4. The summed E-state index contributed by atoms with van der Waals surface area (Å²) >= 11 is 0. The summed E-state index contributed by atoms with van der Waals surface area (Å²) in [5.41, 5.74) is 2.45. The van der Waals surface area contributed by atoms with Gasteiger partial charge in [-0.25, -0.2) is 13.1 Å². The van der Waals surface area contributed by atoms with Crippen molar-refractivity contribution in [1.29, 1.82) is 0 Å². The minimum Gasteiger partial charge on any atom is -0.339 e. The molecule has 25 heavy (non-hydrogen) atoms. The lowest BCUT2D eigenvalue weighted by atomic mass is 10.1. The molecule has 0 bridgehead atoms. The second-order valence-electron chi connectivity index (χ2n) is 5.75. The van der Waals surface area contributed by atoms with Gasteiger partial charge in [0, 0.05) is 25.2 Å². The quantitative estimate of drug-likeness (QED) is 0.825.